The topological polar surface area (TPSA) is 78.0 Å². The predicted molar refractivity (Wildman–Crippen MR) is 119 cm³/mol. The van der Waals surface area contributed by atoms with Gasteiger partial charge in [0.25, 0.3) is 0 Å². The molecule has 1 fully saturated rings. The highest BCUT2D eigenvalue weighted by Gasteiger charge is 2.26. The summed E-state index contributed by atoms with van der Waals surface area (Å²) in [5.74, 6) is -0.237. The number of piperazine rings is 1. The smallest absolute Gasteiger partial charge is 0.243 e. The fourth-order valence-electron chi connectivity index (χ4n) is 3.38. The summed E-state index contributed by atoms with van der Waals surface area (Å²) in [7, 11) is -3.64. The van der Waals surface area contributed by atoms with Crippen molar-refractivity contribution in [2.75, 3.05) is 48.2 Å². The second-order valence-electron chi connectivity index (χ2n) is 7.22. The van der Waals surface area contributed by atoms with Gasteiger partial charge < -0.3 is 9.80 Å². The Kier molecular flexibility index (Phi) is 6.67. The fourth-order valence-corrected chi connectivity index (χ4v) is 4.40. The molecule has 1 aliphatic heterocycles. The van der Waals surface area contributed by atoms with E-state index in [0.29, 0.717) is 42.5 Å². The average Bonchev–Trinajstić information content (AvgIpc) is 2.71. The number of anilines is 2. The van der Waals surface area contributed by atoms with Gasteiger partial charge in [-0.3, -0.25) is 13.9 Å². The van der Waals surface area contributed by atoms with Gasteiger partial charge in [-0.25, -0.2) is 8.42 Å². The van der Waals surface area contributed by atoms with Gasteiger partial charge in [0.05, 0.1) is 11.9 Å². The maximum Gasteiger partial charge on any atom is 0.243 e. The van der Waals surface area contributed by atoms with Gasteiger partial charge in [0.2, 0.25) is 15.9 Å². The maximum absolute atomic E-state index is 12.8. The van der Waals surface area contributed by atoms with E-state index in [0.717, 1.165) is 16.2 Å². The van der Waals surface area contributed by atoms with Crippen LogP contribution in [0.1, 0.15) is 17.3 Å². The second-order valence-corrected chi connectivity index (χ2v) is 9.56. The van der Waals surface area contributed by atoms with Gasteiger partial charge in [0.15, 0.2) is 5.78 Å². The Labute approximate surface area is 181 Å². The zero-order valence-corrected chi connectivity index (χ0v) is 18.5. The lowest BCUT2D eigenvalue weighted by atomic mass is 10.1. The summed E-state index contributed by atoms with van der Waals surface area (Å²) in [6.45, 7) is 3.48. The van der Waals surface area contributed by atoms with Crippen molar-refractivity contribution in [2.24, 2.45) is 0 Å². The molecule has 2 aromatic rings. The standard InChI is InChI=1S/C21H24ClN3O4S/c1-16(26)17-6-8-19(9-7-17)23-10-12-24(13-11-23)21(27)15-25(30(2,28)29)20-5-3-4-18(22)14-20/h3-9,14H,10-13,15H2,1-2H3. The molecule has 0 aliphatic carbocycles. The van der Waals surface area contributed by atoms with E-state index in [1.54, 1.807) is 35.2 Å². The van der Waals surface area contributed by atoms with Crippen LogP contribution in [-0.2, 0) is 14.8 Å². The van der Waals surface area contributed by atoms with Crippen LogP contribution in [0.4, 0.5) is 11.4 Å². The molecule has 0 unspecified atom stereocenters. The molecule has 160 valence electrons. The predicted octanol–water partition coefficient (Wildman–Crippen LogP) is 2.66. The molecule has 0 bridgehead atoms. The third kappa shape index (κ3) is 5.31. The first kappa shape index (κ1) is 22.1. The Morgan fingerprint density at radius 1 is 1.03 bits per heavy atom. The minimum Gasteiger partial charge on any atom is -0.368 e. The quantitative estimate of drug-likeness (QED) is 0.633. The van der Waals surface area contributed by atoms with Gasteiger partial charge in [-0.15, -0.1) is 0 Å². The van der Waals surface area contributed by atoms with Crippen LogP contribution in [0.15, 0.2) is 48.5 Å². The molecule has 0 atom stereocenters. The Balaban J connectivity index is 1.64. The van der Waals surface area contributed by atoms with E-state index in [1.165, 1.54) is 13.0 Å². The normalized spacial score (nSPS) is 14.5. The van der Waals surface area contributed by atoms with Crippen LogP contribution in [-0.4, -0.2) is 64.0 Å². The molecule has 30 heavy (non-hydrogen) atoms. The minimum absolute atomic E-state index is 0.0205. The molecular weight excluding hydrogens is 426 g/mol. The van der Waals surface area contributed by atoms with Gasteiger partial charge in [-0.2, -0.15) is 0 Å². The van der Waals surface area contributed by atoms with Crippen LogP contribution in [0.25, 0.3) is 0 Å². The molecule has 1 amide bonds. The van der Waals surface area contributed by atoms with Gasteiger partial charge in [-0.05, 0) is 49.4 Å². The van der Waals surface area contributed by atoms with Crippen molar-refractivity contribution in [3.8, 4) is 0 Å². The SMILES string of the molecule is CC(=O)c1ccc(N2CCN(C(=O)CN(c3cccc(Cl)c3)S(C)(=O)=O)CC2)cc1. The van der Waals surface area contributed by atoms with Crippen molar-refractivity contribution in [3.63, 3.8) is 0 Å². The van der Waals surface area contributed by atoms with Crippen molar-refractivity contribution >= 4 is 44.7 Å². The third-order valence-corrected chi connectivity index (χ3v) is 6.42. The number of nitrogens with zero attached hydrogens (tertiary/aromatic N) is 3. The highest BCUT2D eigenvalue weighted by Crippen LogP contribution is 2.22. The molecule has 0 radical (unpaired) electrons. The maximum atomic E-state index is 12.8. The van der Waals surface area contributed by atoms with Crippen LogP contribution in [0.3, 0.4) is 0 Å². The molecule has 3 rings (SSSR count). The van der Waals surface area contributed by atoms with Crippen molar-refractivity contribution in [1.82, 2.24) is 4.90 Å². The molecular formula is C21H24ClN3O4S. The number of benzene rings is 2. The van der Waals surface area contributed by atoms with Crippen molar-refractivity contribution < 1.29 is 18.0 Å². The average molecular weight is 450 g/mol. The minimum atomic E-state index is -3.64. The molecule has 1 heterocycles. The van der Waals surface area contributed by atoms with Crippen molar-refractivity contribution in [2.45, 2.75) is 6.92 Å². The number of Topliss-reactive ketones (excluding diaryl/α,β-unsaturated/α-hetero) is 1. The number of carbonyl (C=O) groups excluding carboxylic acids is 2. The molecule has 0 aromatic heterocycles. The van der Waals surface area contributed by atoms with Crippen LogP contribution in [0, 0.1) is 0 Å². The van der Waals surface area contributed by atoms with Gasteiger partial charge in [0.1, 0.15) is 6.54 Å². The Bertz CT molecular complexity index is 1030. The number of rotatable bonds is 6. The Hall–Kier alpha value is -2.58. The summed E-state index contributed by atoms with van der Waals surface area (Å²) in [6.07, 6.45) is 1.07. The molecule has 7 nitrogen and oxygen atoms in total. The Morgan fingerprint density at radius 2 is 1.67 bits per heavy atom. The third-order valence-electron chi connectivity index (χ3n) is 5.05. The summed E-state index contributed by atoms with van der Waals surface area (Å²) in [6, 6.07) is 13.8. The number of carbonyl (C=O) groups is 2. The fraction of sp³-hybridized carbons (Fsp3) is 0.333. The van der Waals surface area contributed by atoms with Gasteiger partial charge >= 0.3 is 0 Å². The van der Waals surface area contributed by atoms with E-state index in [2.05, 4.69) is 4.90 Å². The number of ketones is 1. The number of hydrogen-bond acceptors (Lipinski definition) is 5. The first-order valence-corrected chi connectivity index (χ1v) is 11.7. The summed E-state index contributed by atoms with van der Waals surface area (Å²) in [4.78, 5) is 28.0. The summed E-state index contributed by atoms with van der Waals surface area (Å²) < 4.78 is 25.6. The summed E-state index contributed by atoms with van der Waals surface area (Å²) >= 11 is 5.98. The van der Waals surface area contributed by atoms with Crippen LogP contribution >= 0.6 is 11.6 Å². The van der Waals surface area contributed by atoms with Gasteiger partial charge in [-0.1, -0.05) is 17.7 Å². The number of hydrogen-bond donors (Lipinski definition) is 0. The molecule has 0 spiro atoms. The molecule has 2 aromatic carbocycles. The molecule has 0 saturated carbocycles. The van der Waals surface area contributed by atoms with Gasteiger partial charge in [0, 0.05) is 42.5 Å². The molecule has 1 aliphatic rings. The van der Waals surface area contributed by atoms with Crippen LogP contribution in [0.5, 0.6) is 0 Å². The largest absolute Gasteiger partial charge is 0.368 e. The summed E-state index contributed by atoms with van der Waals surface area (Å²) in [5, 5.41) is 0.401. The monoisotopic (exact) mass is 449 g/mol. The lowest BCUT2D eigenvalue weighted by Gasteiger charge is -2.37. The number of sulfonamides is 1. The van der Waals surface area contributed by atoms with Crippen LogP contribution < -0.4 is 9.21 Å². The lowest BCUT2D eigenvalue weighted by molar-refractivity contribution is -0.129. The zero-order chi connectivity index (χ0) is 21.9. The van der Waals surface area contributed by atoms with E-state index < -0.39 is 10.0 Å². The van der Waals surface area contributed by atoms with E-state index >= 15 is 0 Å². The first-order valence-electron chi connectivity index (χ1n) is 9.52. The summed E-state index contributed by atoms with van der Waals surface area (Å²) in [5.41, 5.74) is 2.01. The molecule has 9 heteroatoms. The molecule has 1 saturated heterocycles. The number of halogens is 1. The number of amides is 1. The molecule has 0 N–H and O–H groups in total. The van der Waals surface area contributed by atoms with E-state index in [-0.39, 0.29) is 18.2 Å². The first-order chi connectivity index (χ1) is 14.1. The van der Waals surface area contributed by atoms with Crippen LogP contribution in [0.2, 0.25) is 5.02 Å². The van der Waals surface area contributed by atoms with E-state index in [1.807, 2.05) is 12.1 Å². The Morgan fingerprint density at radius 3 is 2.20 bits per heavy atom. The van der Waals surface area contributed by atoms with Crippen molar-refractivity contribution in [3.05, 3.63) is 59.1 Å². The van der Waals surface area contributed by atoms with Crippen molar-refractivity contribution in [1.29, 1.82) is 0 Å². The second kappa shape index (κ2) is 9.06. The highest BCUT2D eigenvalue weighted by molar-refractivity contribution is 7.92. The van der Waals surface area contributed by atoms with E-state index in [4.69, 9.17) is 11.6 Å². The highest BCUT2D eigenvalue weighted by atomic mass is 35.5. The zero-order valence-electron chi connectivity index (χ0n) is 16.9. The lowest BCUT2D eigenvalue weighted by Crippen LogP contribution is -2.52. The van der Waals surface area contributed by atoms with E-state index in [9.17, 15) is 18.0 Å².